The number of pyridine rings is 1. The Hall–Kier alpha value is -3.47. The maximum absolute atomic E-state index is 10.9. The number of methoxy groups -OCH3 is 1. The van der Waals surface area contributed by atoms with E-state index in [1.807, 2.05) is 42.5 Å². The van der Waals surface area contributed by atoms with Crippen LogP contribution in [0.5, 0.6) is 5.75 Å². The van der Waals surface area contributed by atoms with E-state index in [9.17, 15) is 10.1 Å². The smallest absolute Gasteiger partial charge is 0.269 e. The summed E-state index contributed by atoms with van der Waals surface area (Å²) in [5, 5.41) is 14.0. The highest BCUT2D eigenvalue weighted by Crippen LogP contribution is 2.34. The van der Waals surface area contributed by atoms with Gasteiger partial charge < -0.3 is 4.74 Å². The molecule has 0 amide bonds. The predicted molar refractivity (Wildman–Crippen MR) is 97.9 cm³/mol. The molecule has 5 nitrogen and oxygen atoms in total. The van der Waals surface area contributed by atoms with E-state index in [1.54, 1.807) is 19.2 Å². The fraction of sp³-hybridized carbons (Fsp3) is 0.0500. The Morgan fingerprint density at radius 1 is 0.920 bits per heavy atom. The molecule has 4 rings (SSSR count). The summed E-state index contributed by atoms with van der Waals surface area (Å²) in [7, 11) is 1.64. The first-order valence-corrected chi connectivity index (χ1v) is 7.79. The highest BCUT2D eigenvalue weighted by Gasteiger charge is 2.12. The molecule has 0 unspecified atom stereocenters. The average molecular weight is 330 g/mol. The van der Waals surface area contributed by atoms with Crippen LogP contribution in [0.3, 0.4) is 0 Å². The molecule has 1 aromatic heterocycles. The minimum atomic E-state index is -0.401. The van der Waals surface area contributed by atoms with E-state index in [2.05, 4.69) is 0 Å². The van der Waals surface area contributed by atoms with Gasteiger partial charge in [0.1, 0.15) is 5.75 Å². The Kier molecular flexibility index (Phi) is 3.54. The summed E-state index contributed by atoms with van der Waals surface area (Å²) < 4.78 is 5.33. The molecule has 4 aromatic rings. The number of nitrogens with zero attached hydrogens (tertiary/aromatic N) is 2. The van der Waals surface area contributed by atoms with Gasteiger partial charge in [-0.15, -0.1) is 0 Å². The molecular weight excluding hydrogens is 316 g/mol. The molecule has 0 bridgehead atoms. The highest BCUT2D eigenvalue weighted by molar-refractivity contribution is 6.11. The minimum absolute atomic E-state index is 0.0681. The molecule has 0 aliphatic heterocycles. The fourth-order valence-electron chi connectivity index (χ4n) is 3.02. The van der Waals surface area contributed by atoms with Gasteiger partial charge >= 0.3 is 0 Å². The number of ether oxygens (including phenoxy) is 1. The Bertz CT molecular complexity index is 1110. The number of nitro benzene ring substituents is 1. The molecule has 5 heteroatoms. The van der Waals surface area contributed by atoms with Gasteiger partial charge in [-0.25, -0.2) is 4.98 Å². The van der Waals surface area contributed by atoms with Crippen LogP contribution >= 0.6 is 0 Å². The molecule has 0 N–H and O–H groups in total. The lowest BCUT2D eigenvalue weighted by Gasteiger charge is -2.11. The summed E-state index contributed by atoms with van der Waals surface area (Å²) in [6, 6.07) is 20.3. The normalized spacial score (nSPS) is 10.9. The van der Waals surface area contributed by atoms with Crippen molar-refractivity contribution in [3.05, 3.63) is 76.8 Å². The Labute approximate surface area is 143 Å². The number of non-ortho nitro benzene ring substituents is 1. The first kappa shape index (κ1) is 15.1. The molecule has 0 saturated heterocycles. The van der Waals surface area contributed by atoms with E-state index in [0.29, 0.717) is 0 Å². The van der Waals surface area contributed by atoms with Crippen molar-refractivity contribution in [2.24, 2.45) is 0 Å². The molecule has 25 heavy (non-hydrogen) atoms. The molecule has 0 aliphatic rings. The van der Waals surface area contributed by atoms with Gasteiger partial charge in [0.25, 0.3) is 5.69 Å². The largest absolute Gasteiger partial charge is 0.497 e. The fourth-order valence-corrected chi connectivity index (χ4v) is 3.02. The lowest BCUT2D eigenvalue weighted by molar-refractivity contribution is -0.384. The Balaban J connectivity index is 2.01. The third kappa shape index (κ3) is 2.55. The molecule has 0 atom stereocenters. The number of fused-ring (bicyclic) bond motifs is 3. The van der Waals surface area contributed by atoms with E-state index >= 15 is 0 Å². The van der Waals surface area contributed by atoms with Crippen LogP contribution in [0, 0.1) is 10.1 Å². The third-order valence-electron chi connectivity index (χ3n) is 4.26. The van der Waals surface area contributed by atoms with Crippen LogP contribution in [-0.2, 0) is 0 Å². The van der Waals surface area contributed by atoms with Crippen molar-refractivity contribution in [1.82, 2.24) is 4.98 Å². The third-order valence-corrected chi connectivity index (χ3v) is 4.26. The van der Waals surface area contributed by atoms with Crippen molar-refractivity contribution in [3.63, 3.8) is 0 Å². The molecule has 0 fully saturated rings. The molecule has 0 aliphatic carbocycles. The Morgan fingerprint density at radius 2 is 1.64 bits per heavy atom. The van der Waals surface area contributed by atoms with Gasteiger partial charge in [-0.2, -0.15) is 0 Å². The van der Waals surface area contributed by atoms with Gasteiger partial charge in [0, 0.05) is 28.5 Å². The van der Waals surface area contributed by atoms with Crippen molar-refractivity contribution < 1.29 is 9.66 Å². The average Bonchev–Trinajstić information content (AvgIpc) is 2.67. The number of benzene rings is 3. The first-order valence-electron chi connectivity index (χ1n) is 7.79. The highest BCUT2D eigenvalue weighted by atomic mass is 16.6. The van der Waals surface area contributed by atoms with Gasteiger partial charge in [0.15, 0.2) is 0 Å². The van der Waals surface area contributed by atoms with Crippen LogP contribution in [0.25, 0.3) is 32.9 Å². The van der Waals surface area contributed by atoms with Gasteiger partial charge in [-0.05, 0) is 35.7 Å². The van der Waals surface area contributed by atoms with Crippen LogP contribution in [0.2, 0.25) is 0 Å². The SMILES string of the molecule is COc1ccc2nc(-c3ccc([N+](=O)[O-])cc3)c3ccccc3c2c1. The number of aromatic nitrogens is 1. The maximum Gasteiger partial charge on any atom is 0.269 e. The van der Waals surface area contributed by atoms with Crippen LogP contribution in [0.1, 0.15) is 0 Å². The summed E-state index contributed by atoms with van der Waals surface area (Å²) in [5.74, 6) is 0.780. The van der Waals surface area contributed by atoms with E-state index < -0.39 is 4.92 Å². The first-order chi connectivity index (χ1) is 12.2. The zero-order valence-corrected chi connectivity index (χ0v) is 13.5. The molecule has 0 saturated carbocycles. The van der Waals surface area contributed by atoms with Crippen LogP contribution < -0.4 is 4.74 Å². The number of hydrogen-bond acceptors (Lipinski definition) is 4. The van der Waals surface area contributed by atoms with E-state index in [4.69, 9.17) is 9.72 Å². The van der Waals surface area contributed by atoms with Crippen molar-refractivity contribution in [1.29, 1.82) is 0 Å². The zero-order valence-electron chi connectivity index (χ0n) is 13.5. The maximum atomic E-state index is 10.9. The summed E-state index contributed by atoms with van der Waals surface area (Å²) in [5.41, 5.74) is 2.58. The molecule has 0 radical (unpaired) electrons. The lowest BCUT2D eigenvalue weighted by atomic mass is 10.00. The van der Waals surface area contributed by atoms with Gasteiger partial charge in [-0.1, -0.05) is 24.3 Å². The Morgan fingerprint density at radius 3 is 2.32 bits per heavy atom. The van der Waals surface area contributed by atoms with Crippen molar-refractivity contribution in [3.8, 4) is 17.0 Å². The minimum Gasteiger partial charge on any atom is -0.497 e. The summed E-state index contributed by atoms with van der Waals surface area (Å²) in [4.78, 5) is 15.3. The summed E-state index contributed by atoms with van der Waals surface area (Å²) in [6.07, 6.45) is 0. The van der Waals surface area contributed by atoms with Gasteiger partial charge in [0.2, 0.25) is 0 Å². The molecule has 122 valence electrons. The molecular formula is C20H14N2O3. The van der Waals surface area contributed by atoms with E-state index in [1.165, 1.54) is 12.1 Å². The summed E-state index contributed by atoms with van der Waals surface area (Å²) >= 11 is 0. The second-order valence-electron chi connectivity index (χ2n) is 5.69. The topological polar surface area (TPSA) is 65.3 Å². The second kappa shape index (κ2) is 5.87. The number of nitro groups is 1. The number of hydrogen-bond donors (Lipinski definition) is 0. The van der Waals surface area contributed by atoms with Gasteiger partial charge in [-0.3, -0.25) is 10.1 Å². The van der Waals surface area contributed by atoms with E-state index in [0.717, 1.165) is 38.7 Å². The predicted octanol–water partition coefficient (Wildman–Crippen LogP) is 4.97. The zero-order chi connectivity index (χ0) is 17.4. The summed E-state index contributed by atoms with van der Waals surface area (Å²) in [6.45, 7) is 0. The van der Waals surface area contributed by atoms with Crippen molar-refractivity contribution in [2.45, 2.75) is 0 Å². The second-order valence-corrected chi connectivity index (χ2v) is 5.69. The van der Waals surface area contributed by atoms with Crippen LogP contribution in [0.4, 0.5) is 5.69 Å². The molecule has 0 spiro atoms. The quantitative estimate of drug-likeness (QED) is 0.302. The van der Waals surface area contributed by atoms with Gasteiger partial charge in [0.05, 0.1) is 23.2 Å². The van der Waals surface area contributed by atoms with Crippen LogP contribution in [0.15, 0.2) is 66.7 Å². The molecule has 1 heterocycles. The lowest BCUT2D eigenvalue weighted by Crippen LogP contribution is -1.92. The van der Waals surface area contributed by atoms with Crippen LogP contribution in [-0.4, -0.2) is 17.0 Å². The molecule has 3 aromatic carbocycles. The monoisotopic (exact) mass is 330 g/mol. The van der Waals surface area contributed by atoms with Crippen molar-refractivity contribution in [2.75, 3.05) is 7.11 Å². The number of rotatable bonds is 3. The van der Waals surface area contributed by atoms with E-state index in [-0.39, 0.29) is 5.69 Å². The van der Waals surface area contributed by atoms with Crippen molar-refractivity contribution >= 4 is 27.4 Å². The standard InChI is InChI=1S/C20H14N2O3/c1-25-15-10-11-19-18(12-15)16-4-2-3-5-17(16)20(21-19)13-6-8-14(9-7-13)22(23)24/h2-12H,1H3.